The predicted octanol–water partition coefficient (Wildman–Crippen LogP) is 7.44. The maximum Gasteiger partial charge on any atom is 0.405 e. The molecule has 0 aliphatic heterocycles. The molecule has 0 spiro atoms. The van der Waals surface area contributed by atoms with Gasteiger partial charge in [0.1, 0.15) is 58.9 Å². The molecule has 5 aromatic carbocycles. The number of esters is 1. The number of hydrogen-bond acceptors (Lipinski definition) is 3. The van der Waals surface area contributed by atoms with Gasteiger partial charge < -0.3 is 4.74 Å². The number of carbonyl (C=O) groups is 1. The van der Waals surface area contributed by atoms with Crippen LogP contribution in [0.15, 0.2) is 48.9 Å². The molecule has 0 saturated heterocycles. The summed E-state index contributed by atoms with van der Waals surface area (Å²) < 4.78 is 301. The molecule has 63 heavy (non-hydrogen) atoms. The minimum atomic E-state index is -7.22. The molecule has 0 aliphatic carbocycles. The molecule has 0 bridgehead atoms. The third kappa shape index (κ3) is 7.66. The number of halogens is 20. The van der Waals surface area contributed by atoms with Gasteiger partial charge in [-0.3, -0.25) is 4.98 Å². The van der Waals surface area contributed by atoms with E-state index in [0.717, 1.165) is 5.56 Å². The summed E-state index contributed by atoms with van der Waals surface area (Å²) in [5, 5.41) is 0. The van der Waals surface area contributed by atoms with Crippen LogP contribution in [-0.4, -0.2) is 23.7 Å². The van der Waals surface area contributed by atoms with E-state index in [0.29, 0.717) is 18.8 Å². The highest BCUT2D eigenvalue weighted by Gasteiger charge is 2.52. The summed E-state index contributed by atoms with van der Waals surface area (Å²) in [6.07, 6.45) is -2.25. The van der Waals surface area contributed by atoms with Crippen molar-refractivity contribution in [1.82, 2.24) is 4.98 Å². The molecule has 0 radical (unpaired) electrons. The second-order valence-electron chi connectivity index (χ2n) is 12.6. The van der Waals surface area contributed by atoms with Crippen molar-refractivity contribution in [3.63, 3.8) is 0 Å². The zero-order valence-corrected chi connectivity index (χ0v) is 30.4. The second-order valence-corrected chi connectivity index (χ2v) is 12.6. The number of nitrogens with zero attached hydrogens (tertiary/aromatic N) is 2. The summed E-state index contributed by atoms with van der Waals surface area (Å²) >= 11 is 0. The van der Waals surface area contributed by atoms with Crippen molar-refractivity contribution in [2.75, 3.05) is 6.61 Å². The first-order chi connectivity index (χ1) is 29.5. The van der Waals surface area contributed by atoms with Gasteiger partial charge in [0.25, 0.3) is 0 Å². The van der Waals surface area contributed by atoms with Crippen LogP contribution in [0.5, 0.6) is 0 Å². The molecule has 6 aromatic rings. The molecule has 1 aromatic heterocycles. The number of aromatic nitrogens is 2. The largest absolute Gasteiger partial charge is 0.458 e. The summed E-state index contributed by atoms with van der Waals surface area (Å²) in [6.45, 7) is 2.77. The summed E-state index contributed by atoms with van der Waals surface area (Å²) in [6, 6.07) is 9.94. The Kier molecular flexibility index (Phi) is 13.5. The van der Waals surface area contributed by atoms with E-state index in [1.807, 2.05) is 34.9 Å². The number of ether oxygens (including phenoxy) is 1. The van der Waals surface area contributed by atoms with Crippen LogP contribution in [0.2, 0.25) is 0 Å². The van der Waals surface area contributed by atoms with Crippen molar-refractivity contribution in [3.05, 3.63) is 177 Å². The Morgan fingerprint density at radius 2 is 0.762 bits per heavy atom. The summed E-state index contributed by atoms with van der Waals surface area (Å²) in [5.41, 5.74) is -12.7. The second kappa shape index (κ2) is 18.0. The minimum Gasteiger partial charge on any atom is -0.458 e. The van der Waals surface area contributed by atoms with E-state index in [2.05, 4.69) is 4.98 Å². The summed E-state index contributed by atoms with van der Waals surface area (Å²) in [4.78, 5) is 15.7. The maximum absolute atomic E-state index is 15.4. The van der Waals surface area contributed by atoms with Gasteiger partial charge in [0.15, 0.2) is 82.5 Å². The van der Waals surface area contributed by atoms with Crippen LogP contribution in [0, 0.1) is 116 Å². The molecule has 332 valence electrons. The average molecular weight is 922 g/mol. The first-order valence-corrected chi connectivity index (χ1v) is 16.8. The van der Waals surface area contributed by atoms with Crippen LogP contribution in [-0.2, 0) is 11.3 Å². The van der Waals surface area contributed by atoms with E-state index in [-0.39, 0.29) is 5.97 Å². The van der Waals surface area contributed by atoms with Crippen LogP contribution in [0.4, 0.5) is 87.8 Å². The maximum atomic E-state index is 15.4. The lowest BCUT2D eigenvalue weighted by molar-refractivity contribution is -0.691. The fraction of sp³-hybridized carbons (Fsp3) is 0.0789. The van der Waals surface area contributed by atoms with Gasteiger partial charge in [-0.15, -0.1) is 21.9 Å². The molecular formula is C38H15BF20N2O2. The van der Waals surface area contributed by atoms with E-state index in [9.17, 15) is 57.5 Å². The highest BCUT2D eigenvalue weighted by atomic mass is 19.2. The fourth-order valence-corrected chi connectivity index (χ4v) is 6.55. The van der Waals surface area contributed by atoms with Gasteiger partial charge >= 0.3 is 11.7 Å². The highest BCUT2D eigenvalue weighted by Crippen LogP contribution is 2.30. The molecule has 0 unspecified atom stereocenters. The quantitative estimate of drug-likeness (QED) is 0.0399. The van der Waals surface area contributed by atoms with Crippen molar-refractivity contribution >= 4 is 34.0 Å². The molecular weight excluding hydrogens is 907 g/mol. The van der Waals surface area contributed by atoms with Crippen LogP contribution in [0.25, 0.3) is 0 Å². The zero-order valence-electron chi connectivity index (χ0n) is 30.4. The third-order valence-corrected chi connectivity index (χ3v) is 9.23. The van der Waals surface area contributed by atoms with Gasteiger partial charge in [0.2, 0.25) is 0 Å². The molecule has 0 atom stereocenters. The van der Waals surface area contributed by atoms with Crippen LogP contribution in [0.3, 0.4) is 0 Å². The molecule has 6 rings (SSSR count). The lowest BCUT2D eigenvalue weighted by atomic mass is 9.12. The van der Waals surface area contributed by atoms with E-state index < -0.39 is 144 Å². The summed E-state index contributed by atoms with van der Waals surface area (Å²) in [5.74, 6) is -71.8. The SMILES string of the molecule is CCOC(=O)c1cncc[n+]1Cc1ccccc1.Fc1c(F)c(F)c([B-](c2c(F)c(F)c(F)c(F)c2F)(c2c(F)c(F)c(F)c(F)c2F)c2c(F)c(F)c(F)c(F)c2F)c(F)c1F. The van der Waals surface area contributed by atoms with Gasteiger partial charge in [0.05, 0.1) is 12.8 Å². The average Bonchev–Trinajstić information content (AvgIpc) is 3.27. The normalized spacial score (nSPS) is 11.4. The van der Waals surface area contributed by atoms with Crippen molar-refractivity contribution < 1.29 is 102 Å². The van der Waals surface area contributed by atoms with Crippen LogP contribution < -0.4 is 26.4 Å². The topological polar surface area (TPSA) is 43.1 Å². The smallest absolute Gasteiger partial charge is 0.405 e. The predicted molar refractivity (Wildman–Crippen MR) is 175 cm³/mol. The van der Waals surface area contributed by atoms with Gasteiger partial charge in [0, 0.05) is 5.56 Å². The number of benzene rings is 5. The number of rotatable bonds is 8. The van der Waals surface area contributed by atoms with Crippen molar-refractivity contribution in [1.29, 1.82) is 0 Å². The first-order valence-electron chi connectivity index (χ1n) is 16.8. The van der Waals surface area contributed by atoms with Gasteiger partial charge in [-0.2, -0.15) is 4.57 Å². The Labute approximate surface area is 337 Å². The molecule has 4 nitrogen and oxygen atoms in total. The van der Waals surface area contributed by atoms with E-state index in [1.165, 1.54) is 6.20 Å². The van der Waals surface area contributed by atoms with Crippen LogP contribution in [0.1, 0.15) is 23.0 Å². The third-order valence-electron chi connectivity index (χ3n) is 9.23. The highest BCUT2D eigenvalue weighted by molar-refractivity contribution is 7.20. The Morgan fingerprint density at radius 3 is 1.05 bits per heavy atom. The molecule has 0 aliphatic rings. The first kappa shape index (κ1) is 47.4. The van der Waals surface area contributed by atoms with Crippen molar-refractivity contribution in [2.45, 2.75) is 13.5 Å². The molecule has 0 fully saturated rings. The Morgan fingerprint density at radius 1 is 0.476 bits per heavy atom. The molecule has 0 N–H and O–H groups in total. The molecule has 1 heterocycles. The fourth-order valence-electron chi connectivity index (χ4n) is 6.55. The standard InChI is InChI=1S/C24BF20.C14H15N2O2/c26-5-1(6(27)14(35)21(42)13(5)34)25(2-7(28)15(36)22(43)16(37)8(2)29,3-9(30)17(38)23(44)18(39)10(3)31)4-11(32)19(40)24(45)20(41)12(4)33;1-2-18-14(17)13-10-15-8-9-16(13)11-12-6-4-3-5-7-12/h;3-10H,2,11H2,1H3/q-1;+1. The monoisotopic (exact) mass is 922 g/mol. The molecule has 0 amide bonds. The summed E-state index contributed by atoms with van der Waals surface area (Å²) in [7, 11) is 0. The van der Waals surface area contributed by atoms with Crippen molar-refractivity contribution in [3.8, 4) is 0 Å². The Balaban J connectivity index is 0.000000345. The number of hydrogen-bond donors (Lipinski definition) is 0. The van der Waals surface area contributed by atoms with Crippen LogP contribution >= 0.6 is 0 Å². The van der Waals surface area contributed by atoms with Gasteiger partial charge in [-0.1, -0.05) is 30.3 Å². The Bertz CT molecular complexity index is 2430. The van der Waals surface area contributed by atoms with Crippen molar-refractivity contribution in [2.24, 2.45) is 0 Å². The van der Waals surface area contributed by atoms with E-state index in [1.54, 1.807) is 19.3 Å². The molecule has 25 heteroatoms. The lowest BCUT2D eigenvalue weighted by Gasteiger charge is -2.44. The molecule has 0 saturated carbocycles. The zero-order chi connectivity index (χ0) is 47.2. The van der Waals surface area contributed by atoms with E-state index in [4.69, 9.17) is 4.74 Å². The minimum absolute atomic E-state index is 0.346. The number of carbonyl (C=O) groups excluding carboxylic acids is 1. The van der Waals surface area contributed by atoms with Gasteiger partial charge in [-0.25, -0.2) is 92.6 Å². The Hall–Kier alpha value is -6.69. The van der Waals surface area contributed by atoms with Gasteiger partial charge in [-0.05, 0) is 6.92 Å². The lowest BCUT2D eigenvalue weighted by Crippen LogP contribution is -2.81. The van der Waals surface area contributed by atoms with E-state index >= 15 is 35.1 Å².